The van der Waals surface area contributed by atoms with E-state index in [1.807, 2.05) is 48.5 Å². The van der Waals surface area contributed by atoms with Gasteiger partial charge in [0.15, 0.2) is 0 Å². The van der Waals surface area contributed by atoms with E-state index in [1.165, 1.54) is 6.07 Å². The number of halogens is 1. The van der Waals surface area contributed by atoms with E-state index in [9.17, 15) is 10.1 Å². The predicted octanol–water partition coefficient (Wildman–Crippen LogP) is 6.16. The van der Waals surface area contributed by atoms with Crippen LogP contribution in [0, 0.1) is 10.1 Å². The van der Waals surface area contributed by atoms with Crippen LogP contribution in [0.1, 0.15) is 10.6 Å². The number of nitro groups is 1. The first-order valence-corrected chi connectivity index (χ1v) is 10.4. The van der Waals surface area contributed by atoms with Crippen LogP contribution >= 0.6 is 27.3 Å². The van der Waals surface area contributed by atoms with Gasteiger partial charge in [-0.15, -0.1) is 11.3 Å². The van der Waals surface area contributed by atoms with Crippen LogP contribution in [0.25, 0.3) is 10.2 Å². The lowest BCUT2D eigenvalue weighted by Crippen LogP contribution is -2.03. The molecule has 29 heavy (non-hydrogen) atoms. The molecule has 0 aliphatic carbocycles. The zero-order valence-electron chi connectivity index (χ0n) is 15.2. The first-order chi connectivity index (χ1) is 14.1. The molecule has 4 aromatic rings. The van der Waals surface area contributed by atoms with Gasteiger partial charge < -0.3 is 10.1 Å². The number of nitrogens with one attached hydrogen (secondary N) is 1. The third-order valence-corrected chi connectivity index (χ3v) is 5.80. The first-order valence-electron chi connectivity index (χ1n) is 8.82. The fraction of sp³-hybridized carbons (Fsp3) is 0.0952. The maximum Gasteiger partial charge on any atom is 0.296 e. The molecule has 0 fully saturated rings. The molecule has 1 aromatic heterocycles. The van der Waals surface area contributed by atoms with Gasteiger partial charge in [0.1, 0.15) is 23.1 Å². The van der Waals surface area contributed by atoms with E-state index in [2.05, 4.69) is 26.2 Å². The van der Waals surface area contributed by atoms with Gasteiger partial charge >= 0.3 is 0 Å². The Kier molecular flexibility index (Phi) is 5.73. The lowest BCUT2D eigenvalue weighted by Gasteiger charge is -2.10. The number of para-hydroxylation sites is 1. The summed E-state index contributed by atoms with van der Waals surface area (Å²) in [6, 6.07) is 20.5. The van der Waals surface area contributed by atoms with Crippen LogP contribution in [-0.4, -0.2) is 9.91 Å². The summed E-state index contributed by atoms with van der Waals surface area (Å²) in [6.07, 6.45) is 0. The summed E-state index contributed by atoms with van der Waals surface area (Å²) in [4.78, 5) is 15.6. The number of anilines is 1. The Hall–Kier alpha value is -2.97. The third-order valence-electron chi connectivity index (χ3n) is 4.26. The maximum atomic E-state index is 11.5. The SMILES string of the molecule is O=[N+]([O-])c1cc(OCc2nc3ccccc3s2)ccc1NCc1ccc(Br)cc1. The molecular weight excluding hydrogens is 454 g/mol. The number of nitrogens with zero attached hydrogens (tertiary/aromatic N) is 2. The van der Waals surface area contributed by atoms with Gasteiger partial charge in [0.25, 0.3) is 5.69 Å². The molecule has 0 saturated carbocycles. The Bertz CT molecular complexity index is 1130. The van der Waals surface area contributed by atoms with E-state index >= 15 is 0 Å². The largest absolute Gasteiger partial charge is 0.486 e. The molecule has 0 radical (unpaired) electrons. The molecule has 6 nitrogen and oxygen atoms in total. The van der Waals surface area contributed by atoms with Crippen molar-refractivity contribution >= 4 is 48.9 Å². The van der Waals surface area contributed by atoms with Crippen LogP contribution in [-0.2, 0) is 13.2 Å². The highest BCUT2D eigenvalue weighted by Gasteiger charge is 2.15. The van der Waals surface area contributed by atoms with Crippen molar-refractivity contribution in [1.82, 2.24) is 4.98 Å². The van der Waals surface area contributed by atoms with E-state index in [1.54, 1.807) is 23.5 Å². The Morgan fingerprint density at radius 3 is 2.66 bits per heavy atom. The third kappa shape index (κ3) is 4.72. The van der Waals surface area contributed by atoms with Crippen molar-refractivity contribution in [2.75, 3.05) is 5.32 Å². The summed E-state index contributed by atoms with van der Waals surface area (Å²) in [5.74, 6) is 0.435. The van der Waals surface area contributed by atoms with E-state index < -0.39 is 4.92 Å². The molecule has 0 bridgehead atoms. The lowest BCUT2D eigenvalue weighted by molar-refractivity contribution is -0.384. The summed E-state index contributed by atoms with van der Waals surface area (Å²) in [7, 11) is 0. The van der Waals surface area contributed by atoms with Crippen molar-refractivity contribution in [3.63, 3.8) is 0 Å². The van der Waals surface area contributed by atoms with Crippen molar-refractivity contribution in [2.24, 2.45) is 0 Å². The number of rotatable bonds is 7. The molecule has 146 valence electrons. The fourth-order valence-electron chi connectivity index (χ4n) is 2.83. The second kappa shape index (κ2) is 8.59. The first kappa shape index (κ1) is 19.4. The smallest absolute Gasteiger partial charge is 0.296 e. The van der Waals surface area contributed by atoms with Crippen molar-refractivity contribution in [1.29, 1.82) is 0 Å². The number of ether oxygens (including phenoxy) is 1. The number of nitro benzene ring substituents is 1. The number of fused-ring (bicyclic) bond motifs is 1. The van der Waals surface area contributed by atoms with Crippen LogP contribution in [0.15, 0.2) is 71.2 Å². The predicted molar refractivity (Wildman–Crippen MR) is 119 cm³/mol. The molecule has 0 spiro atoms. The van der Waals surface area contributed by atoms with Crippen molar-refractivity contribution < 1.29 is 9.66 Å². The maximum absolute atomic E-state index is 11.5. The van der Waals surface area contributed by atoms with Crippen LogP contribution in [0.3, 0.4) is 0 Å². The summed E-state index contributed by atoms with van der Waals surface area (Å²) in [6.45, 7) is 0.752. The second-order valence-corrected chi connectivity index (χ2v) is 8.31. The van der Waals surface area contributed by atoms with Gasteiger partial charge in [-0.05, 0) is 42.0 Å². The molecule has 8 heteroatoms. The molecule has 1 heterocycles. The average molecular weight is 470 g/mol. The highest BCUT2D eigenvalue weighted by Crippen LogP contribution is 2.30. The summed E-state index contributed by atoms with van der Waals surface area (Å²) < 4.78 is 7.83. The Balaban J connectivity index is 1.46. The van der Waals surface area contributed by atoms with Crippen molar-refractivity contribution in [2.45, 2.75) is 13.2 Å². The van der Waals surface area contributed by atoms with Gasteiger partial charge in [-0.3, -0.25) is 10.1 Å². The molecule has 0 amide bonds. The highest BCUT2D eigenvalue weighted by molar-refractivity contribution is 9.10. The summed E-state index contributed by atoms with van der Waals surface area (Å²) >= 11 is 4.95. The Morgan fingerprint density at radius 1 is 1.10 bits per heavy atom. The molecule has 3 aromatic carbocycles. The second-order valence-electron chi connectivity index (χ2n) is 6.28. The molecule has 0 unspecified atom stereocenters. The topological polar surface area (TPSA) is 77.3 Å². The lowest BCUT2D eigenvalue weighted by atomic mass is 10.2. The molecular formula is C21H16BrN3O3S. The van der Waals surface area contributed by atoms with Crippen LogP contribution < -0.4 is 10.1 Å². The summed E-state index contributed by atoms with van der Waals surface area (Å²) in [5.41, 5.74) is 2.38. The fourth-order valence-corrected chi connectivity index (χ4v) is 3.97. The van der Waals surface area contributed by atoms with Gasteiger partial charge in [0.2, 0.25) is 0 Å². The highest BCUT2D eigenvalue weighted by atomic mass is 79.9. The number of hydrogen-bond donors (Lipinski definition) is 1. The van der Waals surface area contributed by atoms with Gasteiger partial charge in [-0.2, -0.15) is 0 Å². The van der Waals surface area contributed by atoms with Crippen LogP contribution in [0.2, 0.25) is 0 Å². The van der Waals surface area contributed by atoms with Crippen molar-refractivity contribution in [3.05, 3.63) is 91.9 Å². The molecule has 1 N–H and O–H groups in total. The minimum atomic E-state index is -0.408. The molecule has 0 saturated heterocycles. The van der Waals surface area contributed by atoms with E-state index in [-0.39, 0.29) is 12.3 Å². The molecule has 0 aliphatic rings. The zero-order valence-corrected chi connectivity index (χ0v) is 17.6. The van der Waals surface area contributed by atoms with E-state index in [0.29, 0.717) is 18.0 Å². The van der Waals surface area contributed by atoms with Gasteiger partial charge in [-0.1, -0.05) is 40.2 Å². The molecule has 0 aliphatic heterocycles. The van der Waals surface area contributed by atoms with E-state index in [4.69, 9.17) is 4.74 Å². The monoisotopic (exact) mass is 469 g/mol. The number of thiazole rings is 1. The summed E-state index contributed by atoms with van der Waals surface area (Å²) in [5, 5.41) is 15.5. The quantitative estimate of drug-likeness (QED) is 0.259. The molecule has 4 rings (SSSR count). The Labute approximate surface area is 179 Å². The average Bonchev–Trinajstić information content (AvgIpc) is 3.15. The number of aromatic nitrogens is 1. The zero-order chi connectivity index (χ0) is 20.2. The van der Waals surface area contributed by atoms with E-state index in [0.717, 1.165) is 25.3 Å². The minimum Gasteiger partial charge on any atom is -0.486 e. The van der Waals surface area contributed by atoms with Crippen LogP contribution in [0.5, 0.6) is 5.75 Å². The number of hydrogen-bond acceptors (Lipinski definition) is 6. The number of benzene rings is 3. The van der Waals surface area contributed by atoms with Gasteiger partial charge in [0, 0.05) is 11.0 Å². The van der Waals surface area contributed by atoms with Crippen molar-refractivity contribution in [3.8, 4) is 5.75 Å². The van der Waals surface area contributed by atoms with Crippen LogP contribution in [0.4, 0.5) is 11.4 Å². The Morgan fingerprint density at radius 2 is 1.90 bits per heavy atom. The minimum absolute atomic E-state index is 0.0242. The van der Waals surface area contributed by atoms with Gasteiger partial charge in [-0.25, -0.2) is 4.98 Å². The normalized spacial score (nSPS) is 10.8. The molecule has 0 atom stereocenters. The van der Waals surface area contributed by atoms with Gasteiger partial charge in [0.05, 0.1) is 21.2 Å². The standard InChI is InChI=1S/C21H16BrN3O3S/c22-15-7-5-14(6-8-15)12-23-17-10-9-16(11-19(17)25(26)27)28-13-21-24-18-3-1-2-4-20(18)29-21/h1-11,23H,12-13H2.